The van der Waals surface area contributed by atoms with Gasteiger partial charge in [0.1, 0.15) is 0 Å². The summed E-state index contributed by atoms with van der Waals surface area (Å²) in [6.07, 6.45) is 4.32. The summed E-state index contributed by atoms with van der Waals surface area (Å²) in [6.45, 7) is 2.59. The summed E-state index contributed by atoms with van der Waals surface area (Å²) in [6, 6.07) is 9.72. The average molecular weight is 269 g/mol. The summed E-state index contributed by atoms with van der Waals surface area (Å²) in [5.74, 6) is -0.0490. The number of nitrogens with one attached hydrogen (secondary N) is 2. The number of hydrogen-bond donors (Lipinski definition) is 2. The molecule has 1 amide bonds. The van der Waals surface area contributed by atoms with Crippen LogP contribution in [0.25, 0.3) is 0 Å². The van der Waals surface area contributed by atoms with Gasteiger partial charge >= 0.3 is 0 Å². The lowest BCUT2D eigenvalue weighted by Gasteiger charge is -2.10. The number of hydrogen-bond acceptors (Lipinski definition) is 3. The van der Waals surface area contributed by atoms with E-state index in [1.807, 2.05) is 44.3 Å². The maximum atomic E-state index is 12.2. The topological polar surface area (TPSA) is 54.0 Å². The molecule has 2 aromatic rings. The lowest BCUT2D eigenvalue weighted by atomic mass is 10.1. The van der Waals surface area contributed by atoms with Crippen molar-refractivity contribution in [3.05, 3.63) is 59.4 Å². The van der Waals surface area contributed by atoms with Crippen molar-refractivity contribution in [2.24, 2.45) is 0 Å². The Morgan fingerprint density at radius 2 is 1.95 bits per heavy atom. The summed E-state index contributed by atoms with van der Waals surface area (Å²) >= 11 is 0. The molecule has 0 saturated carbocycles. The van der Waals surface area contributed by atoms with Gasteiger partial charge in [0.05, 0.1) is 5.56 Å². The molecule has 0 saturated heterocycles. The minimum absolute atomic E-state index is 0.0490. The molecule has 4 heteroatoms. The van der Waals surface area contributed by atoms with Crippen LogP contribution in [-0.4, -0.2) is 24.5 Å². The van der Waals surface area contributed by atoms with Gasteiger partial charge < -0.3 is 10.6 Å². The second-order valence-electron chi connectivity index (χ2n) is 4.66. The number of aryl methyl sites for hydroxylation is 1. The van der Waals surface area contributed by atoms with Crippen LogP contribution >= 0.6 is 0 Å². The number of carbonyl (C=O) groups excluding carboxylic acids is 1. The third-order valence-electron chi connectivity index (χ3n) is 3.14. The van der Waals surface area contributed by atoms with E-state index in [-0.39, 0.29) is 5.91 Å². The Morgan fingerprint density at radius 3 is 2.65 bits per heavy atom. The second-order valence-corrected chi connectivity index (χ2v) is 4.66. The fraction of sp³-hybridized carbons (Fsp3) is 0.250. The third-order valence-corrected chi connectivity index (χ3v) is 3.14. The lowest BCUT2D eigenvalue weighted by molar-refractivity contribution is 0.0955. The maximum Gasteiger partial charge on any atom is 0.253 e. The van der Waals surface area contributed by atoms with Gasteiger partial charge in [-0.2, -0.15) is 0 Å². The molecule has 1 aromatic carbocycles. The number of carbonyl (C=O) groups is 1. The number of rotatable bonds is 5. The first-order valence-electron chi connectivity index (χ1n) is 6.66. The lowest BCUT2D eigenvalue weighted by Crippen LogP contribution is -2.26. The molecule has 0 aliphatic carbocycles. The molecule has 104 valence electrons. The Kier molecular flexibility index (Phi) is 4.71. The van der Waals surface area contributed by atoms with Gasteiger partial charge in [0.25, 0.3) is 5.91 Å². The highest BCUT2D eigenvalue weighted by atomic mass is 16.1. The van der Waals surface area contributed by atoms with Crippen molar-refractivity contribution in [1.29, 1.82) is 0 Å². The molecule has 0 atom stereocenters. The van der Waals surface area contributed by atoms with Crippen molar-refractivity contribution in [2.75, 3.05) is 18.9 Å². The molecular formula is C16H19N3O. The standard InChI is InChI=1S/C16H19N3O/c1-12-3-4-15(17-2)14(11-12)16(20)19-10-7-13-5-8-18-9-6-13/h3-6,8-9,11,17H,7,10H2,1-2H3,(H,19,20). The van der Waals surface area contributed by atoms with Crippen LogP contribution < -0.4 is 10.6 Å². The van der Waals surface area contributed by atoms with E-state index in [9.17, 15) is 4.79 Å². The van der Waals surface area contributed by atoms with Crippen molar-refractivity contribution in [2.45, 2.75) is 13.3 Å². The number of amides is 1. The molecule has 20 heavy (non-hydrogen) atoms. The van der Waals surface area contributed by atoms with Crippen molar-refractivity contribution >= 4 is 11.6 Å². The van der Waals surface area contributed by atoms with Crippen LogP contribution in [0.1, 0.15) is 21.5 Å². The number of benzene rings is 1. The van der Waals surface area contributed by atoms with Crippen molar-refractivity contribution in [1.82, 2.24) is 10.3 Å². The van der Waals surface area contributed by atoms with E-state index < -0.39 is 0 Å². The normalized spacial score (nSPS) is 10.1. The Morgan fingerprint density at radius 1 is 1.20 bits per heavy atom. The minimum Gasteiger partial charge on any atom is -0.387 e. The molecule has 4 nitrogen and oxygen atoms in total. The van der Waals surface area contributed by atoms with Crippen molar-refractivity contribution in [3.63, 3.8) is 0 Å². The first-order valence-corrected chi connectivity index (χ1v) is 6.66. The number of nitrogens with zero attached hydrogens (tertiary/aromatic N) is 1. The van der Waals surface area contributed by atoms with E-state index in [0.717, 1.165) is 17.7 Å². The van der Waals surface area contributed by atoms with Gasteiger partial charge in [-0.15, -0.1) is 0 Å². The van der Waals surface area contributed by atoms with Crippen LogP contribution in [0.2, 0.25) is 0 Å². The highest BCUT2D eigenvalue weighted by Crippen LogP contribution is 2.16. The predicted molar refractivity (Wildman–Crippen MR) is 81.0 cm³/mol. The molecule has 1 aromatic heterocycles. The Hall–Kier alpha value is -2.36. The summed E-state index contributed by atoms with van der Waals surface area (Å²) in [7, 11) is 1.82. The SMILES string of the molecule is CNc1ccc(C)cc1C(=O)NCCc1ccncc1. The molecule has 0 radical (unpaired) electrons. The third kappa shape index (κ3) is 3.57. The zero-order valence-electron chi connectivity index (χ0n) is 11.8. The van der Waals surface area contributed by atoms with Gasteiger partial charge in [0, 0.05) is 31.7 Å². The fourth-order valence-corrected chi connectivity index (χ4v) is 2.03. The van der Waals surface area contributed by atoms with Gasteiger partial charge in [-0.25, -0.2) is 0 Å². The molecule has 1 heterocycles. The van der Waals surface area contributed by atoms with E-state index in [1.54, 1.807) is 12.4 Å². The van der Waals surface area contributed by atoms with Crippen LogP contribution in [0.15, 0.2) is 42.7 Å². The summed E-state index contributed by atoms with van der Waals surface area (Å²) in [4.78, 5) is 16.2. The fourth-order valence-electron chi connectivity index (χ4n) is 2.03. The van der Waals surface area contributed by atoms with Gasteiger partial charge in [-0.1, -0.05) is 11.6 Å². The van der Waals surface area contributed by atoms with E-state index in [0.29, 0.717) is 12.1 Å². The Bertz CT molecular complexity index is 582. The van der Waals surface area contributed by atoms with Crippen LogP contribution in [0, 0.1) is 6.92 Å². The Labute approximate surface area is 119 Å². The highest BCUT2D eigenvalue weighted by molar-refractivity contribution is 5.99. The smallest absolute Gasteiger partial charge is 0.253 e. The van der Waals surface area contributed by atoms with Gasteiger partial charge in [0.15, 0.2) is 0 Å². The number of aromatic nitrogens is 1. The molecule has 0 spiro atoms. The quantitative estimate of drug-likeness (QED) is 0.876. The predicted octanol–water partition coefficient (Wildman–Crippen LogP) is 2.40. The van der Waals surface area contributed by atoms with Crippen LogP contribution in [0.4, 0.5) is 5.69 Å². The average Bonchev–Trinajstić information content (AvgIpc) is 2.48. The number of anilines is 1. The van der Waals surface area contributed by atoms with E-state index in [1.165, 1.54) is 5.56 Å². The van der Waals surface area contributed by atoms with E-state index in [2.05, 4.69) is 15.6 Å². The molecule has 2 rings (SSSR count). The first kappa shape index (κ1) is 14.1. The summed E-state index contributed by atoms with van der Waals surface area (Å²) < 4.78 is 0. The zero-order chi connectivity index (χ0) is 14.4. The molecule has 2 N–H and O–H groups in total. The van der Waals surface area contributed by atoms with Crippen LogP contribution in [0.5, 0.6) is 0 Å². The molecule has 0 aliphatic heterocycles. The molecule has 0 fully saturated rings. The van der Waals surface area contributed by atoms with Gasteiger partial charge in [-0.05, 0) is 43.2 Å². The van der Waals surface area contributed by atoms with Crippen molar-refractivity contribution < 1.29 is 4.79 Å². The second kappa shape index (κ2) is 6.70. The zero-order valence-corrected chi connectivity index (χ0v) is 11.8. The highest BCUT2D eigenvalue weighted by Gasteiger charge is 2.10. The summed E-state index contributed by atoms with van der Waals surface area (Å²) in [5.41, 5.74) is 3.76. The van der Waals surface area contributed by atoms with E-state index >= 15 is 0 Å². The van der Waals surface area contributed by atoms with Crippen LogP contribution in [-0.2, 0) is 6.42 Å². The largest absolute Gasteiger partial charge is 0.387 e. The Balaban J connectivity index is 1.97. The van der Waals surface area contributed by atoms with Gasteiger partial charge in [0.2, 0.25) is 0 Å². The number of pyridine rings is 1. The van der Waals surface area contributed by atoms with Crippen LogP contribution in [0.3, 0.4) is 0 Å². The minimum atomic E-state index is -0.0490. The molecule has 0 bridgehead atoms. The molecule has 0 aliphatic rings. The summed E-state index contributed by atoms with van der Waals surface area (Å²) in [5, 5.41) is 5.99. The molecular weight excluding hydrogens is 250 g/mol. The van der Waals surface area contributed by atoms with E-state index in [4.69, 9.17) is 0 Å². The van der Waals surface area contributed by atoms with Gasteiger partial charge in [-0.3, -0.25) is 9.78 Å². The van der Waals surface area contributed by atoms with Crippen molar-refractivity contribution in [3.8, 4) is 0 Å². The maximum absolute atomic E-state index is 12.2. The first-order chi connectivity index (χ1) is 9.70. The molecule has 0 unspecified atom stereocenters. The monoisotopic (exact) mass is 269 g/mol.